The smallest absolute Gasteiger partial charge is 0.329 e. The molecule has 0 bridgehead atoms. The maximum Gasteiger partial charge on any atom is 0.329 e. The van der Waals surface area contributed by atoms with Crippen LogP contribution in [0, 0.1) is 0 Å². The first-order valence-corrected chi connectivity index (χ1v) is 3.90. The van der Waals surface area contributed by atoms with Gasteiger partial charge in [0, 0.05) is 5.75 Å². The molecule has 68 valence electrons. The predicted molar refractivity (Wildman–Crippen MR) is 48.0 cm³/mol. The SMILES string of the molecule is C=CC(=O)N[C@@H](CS)C(=O)OC. The molecule has 0 aromatic rings. The second-order valence-corrected chi connectivity index (χ2v) is 2.34. The third-order valence-corrected chi connectivity index (χ3v) is 1.54. The number of rotatable bonds is 4. The van der Waals surface area contributed by atoms with Crippen molar-refractivity contribution in [3.63, 3.8) is 0 Å². The van der Waals surface area contributed by atoms with Gasteiger partial charge in [-0.1, -0.05) is 6.58 Å². The summed E-state index contributed by atoms with van der Waals surface area (Å²) in [5, 5.41) is 2.36. The topological polar surface area (TPSA) is 55.4 Å². The van der Waals surface area contributed by atoms with Gasteiger partial charge < -0.3 is 10.1 Å². The van der Waals surface area contributed by atoms with Gasteiger partial charge >= 0.3 is 5.97 Å². The number of carbonyl (C=O) groups is 2. The first-order chi connectivity index (χ1) is 5.65. The van der Waals surface area contributed by atoms with E-state index in [2.05, 4.69) is 29.3 Å². The van der Waals surface area contributed by atoms with E-state index in [0.717, 1.165) is 6.08 Å². The van der Waals surface area contributed by atoms with Crippen LogP contribution in [0.2, 0.25) is 0 Å². The fourth-order valence-corrected chi connectivity index (χ4v) is 0.792. The summed E-state index contributed by atoms with van der Waals surface area (Å²) in [5.41, 5.74) is 0. The molecule has 0 saturated heterocycles. The number of nitrogens with one attached hydrogen (secondary N) is 1. The fraction of sp³-hybridized carbons (Fsp3) is 0.429. The van der Waals surface area contributed by atoms with E-state index in [1.807, 2.05) is 0 Å². The van der Waals surface area contributed by atoms with E-state index in [1.165, 1.54) is 7.11 Å². The van der Waals surface area contributed by atoms with Crippen molar-refractivity contribution < 1.29 is 14.3 Å². The van der Waals surface area contributed by atoms with Gasteiger partial charge in [-0.25, -0.2) is 4.79 Å². The molecule has 0 saturated carbocycles. The zero-order valence-electron chi connectivity index (χ0n) is 6.74. The third kappa shape index (κ3) is 3.43. The van der Waals surface area contributed by atoms with Crippen molar-refractivity contribution in [3.8, 4) is 0 Å². The molecule has 0 aliphatic rings. The zero-order chi connectivity index (χ0) is 9.56. The standard InChI is InChI=1S/C7H11NO3S/c1-3-6(9)8-5(4-12)7(10)11-2/h3,5,12H,1,4H2,2H3,(H,8,9)/t5-/m0/s1. The quantitative estimate of drug-likeness (QED) is 0.364. The molecule has 5 heteroatoms. The Bertz CT molecular complexity index is 193. The van der Waals surface area contributed by atoms with Crippen LogP contribution in [0.5, 0.6) is 0 Å². The summed E-state index contributed by atoms with van der Waals surface area (Å²) in [7, 11) is 1.25. The maximum absolute atomic E-state index is 10.9. The van der Waals surface area contributed by atoms with Crippen LogP contribution >= 0.6 is 12.6 Å². The average molecular weight is 189 g/mol. The van der Waals surface area contributed by atoms with Crippen molar-refractivity contribution in [2.75, 3.05) is 12.9 Å². The van der Waals surface area contributed by atoms with Gasteiger partial charge in [-0.3, -0.25) is 4.79 Å². The van der Waals surface area contributed by atoms with Crippen LogP contribution in [0.3, 0.4) is 0 Å². The lowest BCUT2D eigenvalue weighted by molar-refractivity contribution is -0.143. The first-order valence-electron chi connectivity index (χ1n) is 3.27. The highest BCUT2D eigenvalue weighted by Gasteiger charge is 2.17. The van der Waals surface area contributed by atoms with Crippen LogP contribution in [-0.2, 0) is 14.3 Å². The summed E-state index contributed by atoms with van der Waals surface area (Å²) < 4.78 is 4.41. The Morgan fingerprint density at radius 2 is 2.33 bits per heavy atom. The lowest BCUT2D eigenvalue weighted by Crippen LogP contribution is -2.42. The number of ether oxygens (including phenoxy) is 1. The lowest BCUT2D eigenvalue weighted by atomic mass is 10.3. The Hall–Kier alpha value is -0.970. The Balaban J connectivity index is 4.07. The molecule has 0 aliphatic carbocycles. The summed E-state index contributed by atoms with van der Waals surface area (Å²) in [5.74, 6) is -0.730. The molecular weight excluding hydrogens is 178 g/mol. The van der Waals surface area contributed by atoms with Gasteiger partial charge in [-0.15, -0.1) is 0 Å². The monoisotopic (exact) mass is 189 g/mol. The first kappa shape index (κ1) is 11.0. The minimum Gasteiger partial charge on any atom is -0.467 e. The van der Waals surface area contributed by atoms with Crippen molar-refractivity contribution >= 4 is 24.5 Å². The van der Waals surface area contributed by atoms with E-state index in [1.54, 1.807) is 0 Å². The summed E-state index contributed by atoms with van der Waals surface area (Å²) in [6.45, 7) is 3.24. The summed E-state index contributed by atoms with van der Waals surface area (Å²) in [6, 6.07) is -0.705. The van der Waals surface area contributed by atoms with E-state index in [4.69, 9.17) is 0 Å². The second-order valence-electron chi connectivity index (χ2n) is 1.97. The highest BCUT2D eigenvalue weighted by Crippen LogP contribution is 1.91. The third-order valence-electron chi connectivity index (χ3n) is 1.17. The van der Waals surface area contributed by atoms with Crippen LogP contribution in [0.25, 0.3) is 0 Å². The lowest BCUT2D eigenvalue weighted by Gasteiger charge is -2.11. The molecule has 0 radical (unpaired) electrons. The van der Waals surface area contributed by atoms with Crippen LogP contribution in [0.15, 0.2) is 12.7 Å². The minimum absolute atomic E-state index is 0.201. The molecule has 0 heterocycles. The molecule has 0 unspecified atom stereocenters. The van der Waals surface area contributed by atoms with Crippen LogP contribution in [-0.4, -0.2) is 30.8 Å². The molecule has 1 amide bonds. The maximum atomic E-state index is 10.9. The Labute approximate surface area is 76.4 Å². The number of carbonyl (C=O) groups excluding carboxylic acids is 2. The van der Waals surface area contributed by atoms with Crippen molar-refractivity contribution in [3.05, 3.63) is 12.7 Å². The molecule has 4 nitrogen and oxygen atoms in total. The Morgan fingerprint density at radius 3 is 2.67 bits per heavy atom. The normalized spacial score (nSPS) is 11.5. The average Bonchev–Trinajstić information content (AvgIpc) is 2.12. The second kappa shape index (κ2) is 5.65. The molecule has 0 aromatic carbocycles. The van der Waals surface area contributed by atoms with Gasteiger partial charge in [0.1, 0.15) is 6.04 Å². The Kier molecular flexibility index (Phi) is 5.19. The van der Waals surface area contributed by atoms with E-state index in [0.29, 0.717) is 0 Å². The number of thiol groups is 1. The fourth-order valence-electron chi connectivity index (χ4n) is 0.552. The summed E-state index contributed by atoms with van der Waals surface area (Å²) in [4.78, 5) is 21.6. The van der Waals surface area contributed by atoms with Crippen LogP contribution in [0.4, 0.5) is 0 Å². The van der Waals surface area contributed by atoms with Gasteiger partial charge in [0.15, 0.2) is 0 Å². The van der Waals surface area contributed by atoms with Crippen LogP contribution < -0.4 is 5.32 Å². The summed E-state index contributed by atoms with van der Waals surface area (Å²) >= 11 is 3.87. The zero-order valence-corrected chi connectivity index (χ0v) is 7.64. The van der Waals surface area contributed by atoms with Crippen molar-refractivity contribution in [1.29, 1.82) is 0 Å². The van der Waals surface area contributed by atoms with E-state index < -0.39 is 17.9 Å². The molecule has 0 aliphatic heterocycles. The largest absolute Gasteiger partial charge is 0.467 e. The van der Waals surface area contributed by atoms with Gasteiger partial charge in [0.2, 0.25) is 5.91 Å². The van der Waals surface area contributed by atoms with Crippen molar-refractivity contribution in [2.45, 2.75) is 6.04 Å². The predicted octanol–water partition coefficient (Wildman–Crippen LogP) is -0.240. The minimum atomic E-state index is -0.705. The molecule has 1 N–H and O–H groups in total. The molecule has 0 aromatic heterocycles. The molecule has 0 rings (SSSR count). The van der Waals surface area contributed by atoms with Gasteiger partial charge in [-0.05, 0) is 6.08 Å². The van der Waals surface area contributed by atoms with Gasteiger partial charge in [0.25, 0.3) is 0 Å². The van der Waals surface area contributed by atoms with Crippen LogP contribution in [0.1, 0.15) is 0 Å². The number of hydrogen-bond acceptors (Lipinski definition) is 4. The van der Waals surface area contributed by atoms with Crippen molar-refractivity contribution in [1.82, 2.24) is 5.32 Å². The number of amides is 1. The number of hydrogen-bond donors (Lipinski definition) is 2. The van der Waals surface area contributed by atoms with E-state index >= 15 is 0 Å². The number of esters is 1. The molecule has 12 heavy (non-hydrogen) atoms. The summed E-state index contributed by atoms with van der Waals surface area (Å²) in [6.07, 6.45) is 1.08. The van der Waals surface area contributed by atoms with E-state index in [-0.39, 0.29) is 5.75 Å². The number of methoxy groups -OCH3 is 1. The Morgan fingerprint density at radius 1 is 1.75 bits per heavy atom. The van der Waals surface area contributed by atoms with Gasteiger partial charge in [-0.2, -0.15) is 12.6 Å². The van der Waals surface area contributed by atoms with Crippen molar-refractivity contribution in [2.24, 2.45) is 0 Å². The molecule has 0 fully saturated rings. The highest BCUT2D eigenvalue weighted by atomic mass is 32.1. The molecule has 0 spiro atoms. The van der Waals surface area contributed by atoms with Gasteiger partial charge in [0.05, 0.1) is 7.11 Å². The highest BCUT2D eigenvalue weighted by molar-refractivity contribution is 7.80. The molecular formula is C7H11NO3S. The molecule has 1 atom stereocenters. The van der Waals surface area contributed by atoms with E-state index in [9.17, 15) is 9.59 Å².